The second-order valence-corrected chi connectivity index (χ2v) is 11.8. The van der Waals surface area contributed by atoms with E-state index in [-0.39, 0.29) is 17.0 Å². The van der Waals surface area contributed by atoms with E-state index in [4.69, 9.17) is 9.72 Å². The fourth-order valence-corrected chi connectivity index (χ4v) is 5.83. The van der Waals surface area contributed by atoms with E-state index in [1.165, 1.54) is 12.1 Å². The molecule has 238 valence electrons. The summed E-state index contributed by atoms with van der Waals surface area (Å²) in [5.74, 6) is -0.522. The molecule has 6 rings (SSSR count). The second-order valence-electron chi connectivity index (χ2n) is 11.8. The highest BCUT2D eigenvalue weighted by molar-refractivity contribution is 5.99. The summed E-state index contributed by atoms with van der Waals surface area (Å²) in [5.41, 5.74) is 2.57. The number of alkyl halides is 3. The summed E-state index contributed by atoms with van der Waals surface area (Å²) in [6.07, 6.45) is -0.405. The van der Waals surface area contributed by atoms with E-state index in [2.05, 4.69) is 34.0 Å². The molecular formula is C35H32F5N5O. The maximum atomic E-state index is 15.5. The standard InChI is InChI=1S/C35H32F5N5O/c1-20(2)14-25-19-45(12-13-46-25)31-17-29(26(18-42-31)22-7-9-23(10-8-22)35(38,39)40)43-34-21(3)33(28-6-4-5-11-41-28)44-30-16-24(36)15-27(37)32(30)34/h4-11,15-18,20,25H,12-14,19H2,1-3H3,(H,42,43,44). The Balaban J connectivity index is 1.51. The Bertz CT molecular complexity index is 1860. The number of fused-ring (bicyclic) bond motifs is 1. The van der Waals surface area contributed by atoms with Crippen molar-refractivity contribution < 1.29 is 26.7 Å². The first-order valence-electron chi connectivity index (χ1n) is 15.0. The number of benzene rings is 2. The van der Waals surface area contributed by atoms with E-state index in [1.54, 1.807) is 43.6 Å². The molecule has 0 amide bonds. The molecule has 1 N–H and O–H groups in total. The first-order chi connectivity index (χ1) is 22.0. The molecule has 1 aliphatic rings. The molecular weight excluding hydrogens is 601 g/mol. The van der Waals surface area contributed by atoms with Crippen molar-refractivity contribution in [3.63, 3.8) is 0 Å². The predicted octanol–water partition coefficient (Wildman–Crippen LogP) is 8.96. The number of nitrogens with zero attached hydrogens (tertiary/aromatic N) is 4. The Kier molecular flexibility index (Phi) is 8.61. The number of hydrogen-bond acceptors (Lipinski definition) is 6. The molecule has 1 fully saturated rings. The molecule has 1 saturated heterocycles. The number of aromatic nitrogens is 3. The molecule has 0 spiro atoms. The van der Waals surface area contributed by atoms with Crippen LogP contribution in [0.1, 0.15) is 31.4 Å². The molecule has 0 aliphatic carbocycles. The van der Waals surface area contributed by atoms with Gasteiger partial charge in [-0.15, -0.1) is 0 Å². The highest BCUT2D eigenvalue weighted by Crippen LogP contribution is 2.40. The molecule has 11 heteroatoms. The minimum Gasteiger partial charge on any atom is -0.375 e. The first kappa shape index (κ1) is 31.3. The van der Waals surface area contributed by atoms with Gasteiger partial charge in [0.1, 0.15) is 17.5 Å². The summed E-state index contributed by atoms with van der Waals surface area (Å²) >= 11 is 0. The van der Waals surface area contributed by atoms with Crippen molar-refractivity contribution in [3.8, 4) is 22.5 Å². The SMILES string of the molecule is Cc1c(-c2ccccn2)nc2cc(F)cc(F)c2c1Nc1cc(N2CCOC(CC(C)C)C2)ncc1-c1ccc(C(F)(F)F)cc1. The van der Waals surface area contributed by atoms with Crippen LogP contribution >= 0.6 is 0 Å². The third kappa shape index (κ3) is 6.50. The zero-order chi connectivity index (χ0) is 32.6. The van der Waals surface area contributed by atoms with Crippen LogP contribution in [0.3, 0.4) is 0 Å². The van der Waals surface area contributed by atoms with Crippen molar-refractivity contribution >= 4 is 28.1 Å². The van der Waals surface area contributed by atoms with Crippen LogP contribution in [0.5, 0.6) is 0 Å². The van der Waals surface area contributed by atoms with E-state index < -0.39 is 23.4 Å². The van der Waals surface area contributed by atoms with Crippen molar-refractivity contribution in [1.82, 2.24) is 15.0 Å². The van der Waals surface area contributed by atoms with Crippen molar-refractivity contribution in [2.75, 3.05) is 29.9 Å². The van der Waals surface area contributed by atoms with E-state index in [0.29, 0.717) is 70.9 Å². The largest absolute Gasteiger partial charge is 0.416 e. The number of nitrogens with one attached hydrogen (secondary N) is 1. The third-order valence-electron chi connectivity index (χ3n) is 8.02. The van der Waals surface area contributed by atoms with Crippen LogP contribution < -0.4 is 10.2 Å². The zero-order valence-electron chi connectivity index (χ0n) is 25.5. The van der Waals surface area contributed by atoms with Crippen LogP contribution in [0.4, 0.5) is 39.1 Å². The molecule has 6 nitrogen and oxygen atoms in total. The number of pyridine rings is 3. The summed E-state index contributed by atoms with van der Waals surface area (Å²) in [4.78, 5) is 15.8. The quantitative estimate of drug-likeness (QED) is 0.181. The lowest BCUT2D eigenvalue weighted by Crippen LogP contribution is -2.43. The minimum absolute atomic E-state index is 0.0119. The molecule has 4 heterocycles. The zero-order valence-corrected chi connectivity index (χ0v) is 25.5. The van der Waals surface area contributed by atoms with Gasteiger partial charge in [0, 0.05) is 54.8 Å². The summed E-state index contributed by atoms with van der Waals surface area (Å²) < 4.78 is 76.1. The van der Waals surface area contributed by atoms with Gasteiger partial charge in [0.25, 0.3) is 0 Å². The summed E-state index contributed by atoms with van der Waals surface area (Å²) in [5, 5.41) is 3.44. The van der Waals surface area contributed by atoms with E-state index in [9.17, 15) is 17.6 Å². The first-order valence-corrected chi connectivity index (χ1v) is 15.0. The van der Waals surface area contributed by atoms with Crippen LogP contribution in [0.2, 0.25) is 0 Å². The lowest BCUT2D eigenvalue weighted by molar-refractivity contribution is -0.137. The Morgan fingerprint density at radius 2 is 1.80 bits per heavy atom. The smallest absolute Gasteiger partial charge is 0.375 e. The minimum atomic E-state index is -4.49. The van der Waals surface area contributed by atoms with Crippen molar-refractivity contribution in [2.24, 2.45) is 5.92 Å². The van der Waals surface area contributed by atoms with E-state index in [1.807, 2.05) is 0 Å². The fraction of sp³-hybridized carbons (Fsp3) is 0.286. The van der Waals surface area contributed by atoms with Gasteiger partial charge in [0.05, 0.1) is 51.9 Å². The molecule has 1 unspecified atom stereocenters. The van der Waals surface area contributed by atoms with Gasteiger partial charge < -0.3 is 15.0 Å². The van der Waals surface area contributed by atoms with Gasteiger partial charge >= 0.3 is 6.18 Å². The molecule has 2 aromatic carbocycles. The van der Waals surface area contributed by atoms with Crippen LogP contribution in [0.25, 0.3) is 33.4 Å². The average molecular weight is 634 g/mol. The highest BCUT2D eigenvalue weighted by Gasteiger charge is 2.30. The lowest BCUT2D eigenvalue weighted by Gasteiger charge is -2.35. The highest BCUT2D eigenvalue weighted by atomic mass is 19.4. The van der Waals surface area contributed by atoms with Crippen molar-refractivity contribution in [3.05, 3.63) is 95.8 Å². The summed E-state index contributed by atoms with van der Waals surface area (Å²) in [6, 6.07) is 13.8. The molecule has 1 atom stereocenters. The van der Waals surface area contributed by atoms with Crippen LogP contribution in [-0.4, -0.2) is 40.8 Å². The maximum absolute atomic E-state index is 15.5. The van der Waals surface area contributed by atoms with Gasteiger partial charge in [-0.3, -0.25) is 4.98 Å². The van der Waals surface area contributed by atoms with E-state index in [0.717, 1.165) is 30.7 Å². The molecule has 1 aliphatic heterocycles. The summed E-state index contributed by atoms with van der Waals surface area (Å²) in [6.45, 7) is 7.75. The van der Waals surface area contributed by atoms with Gasteiger partial charge in [0.15, 0.2) is 0 Å². The lowest BCUT2D eigenvalue weighted by atomic mass is 10.0. The molecule has 0 radical (unpaired) electrons. The third-order valence-corrected chi connectivity index (χ3v) is 8.02. The fourth-order valence-electron chi connectivity index (χ4n) is 5.83. The topological polar surface area (TPSA) is 63.2 Å². The van der Waals surface area contributed by atoms with Gasteiger partial charge in [-0.25, -0.2) is 18.7 Å². The number of anilines is 3. The van der Waals surface area contributed by atoms with Crippen molar-refractivity contribution in [1.29, 1.82) is 0 Å². The predicted molar refractivity (Wildman–Crippen MR) is 169 cm³/mol. The monoisotopic (exact) mass is 633 g/mol. The molecule has 3 aromatic heterocycles. The Labute approximate surface area is 263 Å². The van der Waals surface area contributed by atoms with Gasteiger partial charge in [0.2, 0.25) is 0 Å². The number of ether oxygens (including phenoxy) is 1. The second kappa shape index (κ2) is 12.6. The molecule has 0 saturated carbocycles. The molecule has 0 bridgehead atoms. The van der Waals surface area contributed by atoms with Crippen LogP contribution in [0.15, 0.2) is 73.1 Å². The van der Waals surface area contributed by atoms with Gasteiger partial charge in [-0.05, 0) is 49.1 Å². The number of morpholine rings is 1. The normalized spacial score (nSPS) is 15.5. The van der Waals surface area contributed by atoms with E-state index >= 15 is 4.39 Å². The Morgan fingerprint density at radius 3 is 2.50 bits per heavy atom. The maximum Gasteiger partial charge on any atom is 0.416 e. The van der Waals surface area contributed by atoms with Crippen LogP contribution in [-0.2, 0) is 10.9 Å². The molecule has 5 aromatic rings. The van der Waals surface area contributed by atoms with Gasteiger partial charge in [-0.1, -0.05) is 32.0 Å². The van der Waals surface area contributed by atoms with Crippen LogP contribution in [0, 0.1) is 24.5 Å². The van der Waals surface area contributed by atoms with Gasteiger partial charge in [-0.2, -0.15) is 13.2 Å². The number of hydrogen-bond donors (Lipinski definition) is 1. The van der Waals surface area contributed by atoms with Crippen molar-refractivity contribution in [2.45, 2.75) is 39.5 Å². The Hall–Kier alpha value is -4.64. The summed E-state index contributed by atoms with van der Waals surface area (Å²) in [7, 11) is 0. The number of halogens is 5. The number of rotatable bonds is 7. The molecule has 46 heavy (non-hydrogen) atoms. The average Bonchev–Trinajstić information content (AvgIpc) is 3.02. The Morgan fingerprint density at radius 1 is 1.02 bits per heavy atom.